The van der Waals surface area contributed by atoms with Gasteiger partial charge in [0.25, 0.3) is 5.91 Å². The molecule has 1 unspecified atom stereocenters. The van der Waals surface area contributed by atoms with Crippen LogP contribution in [0.5, 0.6) is 0 Å². The predicted molar refractivity (Wildman–Crippen MR) is 137 cm³/mol. The van der Waals surface area contributed by atoms with Gasteiger partial charge in [0.2, 0.25) is 5.76 Å². The molecule has 1 saturated heterocycles. The zero-order valence-corrected chi connectivity index (χ0v) is 21.9. The van der Waals surface area contributed by atoms with Crippen LogP contribution in [0, 0.1) is 0 Å². The molecule has 35 heavy (non-hydrogen) atoms. The third-order valence-corrected chi connectivity index (χ3v) is 7.51. The van der Waals surface area contributed by atoms with Crippen molar-refractivity contribution in [2.45, 2.75) is 31.4 Å². The molecule has 0 bridgehead atoms. The second kappa shape index (κ2) is 10.0. The summed E-state index contributed by atoms with van der Waals surface area (Å²) in [5.74, 6) is -0.0506. The summed E-state index contributed by atoms with van der Waals surface area (Å²) in [6.07, 6.45) is 3.27. The number of aromatic nitrogens is 4. The van der Waals surface area contributed by atoms with Gasteiger partial charge in [-0.25, -0.2) is 4.68 Å². The molecule has 2 aromatic carbocycles. The quantitative estimate of drug-likeness (QED) is 0.345. The first-order valence-corrected chi connectivity index (χ1v) is 12.9. The van der Waals surface area contributed by atoms with E-state index in [0.29, 0.717) is 50.3 Å². The number of aliphatic hydroxyl groups is 1. The van der Waals surface area contributed by atoms with E-state index >= 15 is 0 Å². The minimum atomic E-state index is -1.15. The first-order chi connectivity index (χ1) is 16.9. The Hall–Kier alpha value is -2.82. The maximum atomic E-state index is 13.1. The van der Waals surface area contributed by atoms with Crippen LogP contribution in [0.15, 0.2) is 74.3 Å². The van der Waals surface area contributed by atoms with E-state index < -0.39 is 5.60 Å². The second-order valence-electron chi connectivity index (χ2n) is 8.66. The molecule has 1 fully saturated rings. The van der Waals surface area contributed by atoms with Crippen LogP contribution in [0.2, 0.25) is 0 Å². The molecular formula is C25H23Br2N5O3. The largest absolute Gasteiger partial charge is 0.383 e. The molecule has 4 aromatic rings. The monoisotopic (exact) mass is 599 g/mol. The van der Waals surface area contributed by atoms with Crippen molar-refractivity contribution in [3.8, 4) is 11.3 Å². The lowest BCUT2D eigenvalue weighted by molar-refractivity contribution is 0.0168. The minimum absolute atomic E-state index is 0.185. The highest BCUT2D eigenvalue weighted by molar-refractivity contribution is 9.10. The smallest absolute Gasteiger partial charge is 0.292 e. The lowest BCUT2D eigenvalue weighted by Crippen LogP contribution is -2.33. The number of amides is 1. The van der Waals surface area contributed by atoms with E-state index in [0.717, 1.165) is 20.1 Å². The molecule has 1 aliphatic heterocycles. The number of carbonyl (C=O) groups excluding carboxylic acids is 1. The third-order valence-electron chi connectivity index (χ3n) is 6.25. The zero-order valence-electron chi connectivity index (χ0n) is 18.8. The van der Waals surface area contributed by atoms with Gasteiger partial charge in [0.15, 0.2) is 0 Å². The fourth-order valence-corrected chi connectivity index (χ4v) is 5.09. The summed E-state index contributed by atoms with van der Waals surface area (Å²) in [6, 6.07) is 17.2. The van der Waals surface area contributed by atoms with Gasteiger partial charge in [0.1, 0.15) is 17.0 Å². The first kappa shape index (κ1) is 23.9. The van der Waals surface area contributed by atoms with Crippen LogP contribution >= 0.6 is 31.9 Å². The molecule has 2 aromatic heterocycles. The van der Waals surface area contributed by atoms with Gasteiger partial charge in [-0.1, -0.05) is 72.6 Å². The number of rotatable bonds is 5. The Bertz CT molecular complexity index is 1350. The van der Waals surface area contributed by atoms with E-state index in [1.54, 1.807) is 21.8 Å². The average Bonchev–Trinajstić information content (AvgIpc) is 3.49. The molecule has 180 valence electrons. The molecule has 5 rings (SSSR count). The number of hydrogen-bond donors (Lipinski definition) is 1. The maximum Gasteiger partial charge on any atom is 0.292 e. The van der Waals surface area contributed by atoms with Crippen LogP contribution in [-0.2, 0) is 12.1 Å². The molecule has 1 aliphatic rings. The third kappa shape index (κ3) is 5.24. The maximum absolute atomic E-state index is 13.1. The highest BCUT2D eigenvalue weighted by Gasteiger charge is 2.36. The van der Waals surface area contributed by atoms with E-state index in [9.17, 15) is 9.90 Å². The van der Waals surface area contributed by atoms with Gasteiger partial charge in [0, 0.05) is 33.7 Å². The summed E-state index contributed by atoms with van der Waals surface area (Å²) in [6.45, 7) is 1.43. The summed E-state index contributed by atoms with van der Waals surface area (Å²) in [4.78, 5) is 14.8. The fraction of sp³-hybridized carbons (Fsp3) is 0.280. The van der Waals surface area contributed by atoms with Crippen LogP contribution in [0.3, 0.4) is 0 Å². The van der Waals surface area contributed by atoms with Crippen LogP contribution in [0.4, 0.5) is 0 Å². The Morgan fingerprint density at radius 2 is 1.94 bits per heavy atom. The number of likely N-dealkylation sites (tertiary alicyclic amines) is 1. The van der Waals surface area contributed by atoms with Crippen LogP contribution in [0.1, 0.15) is 41.1 Å². The van der Waals surface area contributed by atoms with Crippen molar-refractivity contribution in [2.24, 2.45) is 0 Å². The van der Waals surface area contributed by atoms with Gasteiger partial charge >= 0.3 is 0 Å². The normalized spacial score (nSPS) is 18.4. The zero-order chi connectivity index (χ0) is 24.4. The van der Waals surface area contributed by atoms with Gasteiger partial charge in [-0.2, -0.15) is 0 Å². The van der Waals surface area contributed by atoms with E-state index in [2.05, 4.69) is 47.3 Å². The SMILES string of the molecule is O=C(c1cc(-c2cccc(Br)c2)no1)N1CCCC(O)(c2cn(Cc3ccccc3Br)nn2)CC1. The summed E-state index contributed by atoms with van der Waals surface area (Å²) in [5, 5.41) is 24.0. The molecule has 1 amide bonds. The Morgan fingerprint density at radius 3 is 2.77 bits per heavy atom. The summed E-state index contributed by atoms with van der Waals surface area (Å²) >= 11 is 7.00. The van der Waals surface area contributed by atoms with Crippen molar-refractivity contribution in [2.75, 3.05) is 13.1 Å². The number of carbonyl (C=O) groups is 1. The van der Waals surface area contributed by atoms with E-state index in [4.69, 9.17) is 4.52 Å². The molecule has 10 heteroatoms. The van der Waals surface area contributed by atoms with Gasteiger partial charge in [-0.05, 0) is 43.0 Å². The van der Waals surface area contributed by atoms with Crippen LogP contribution in [0.25, 0.3) is 11.3 Å². The highest BCUT2D eigenvalue weighted by atomic mass is 79.9. The minimum Gasteiger partial charge on any atom is -0.383 e. The Balaban J connectivity index is 1.26. The van der Waals surface area contributed by atoms with Gasteiger partial charge in [0.05, 0.1) is 12.7 Å². The number of benzene rings is 2. The summed E-state index contributed by atoms with van der Waals surface area (Å²) in [5.41, 5.74) is 1.91. The Labute approximate surface area is 219 Å². The lowest BCUT2D eigenvalue weighted by atomic mass is 9.92. The molecule has 8 nitrogen and oxygen atoms in total. The molecule has 0 radical (unpaired) electrons. The van der Waals surface area contributed by atoms with Crippen molar-refractivity contribution in [3.05, 3.63) is 86.8 Å². The molecule has 0 saturated carbocycles. The predicted octanol–water partition coefficient (Wildman–Crippen LogP) is 5.02. The van der Waals surface area contributed by atoms with E-state index in [1.165, 1.54) is 0 Å². The molecule has 0 spiro atoms. The molecule has 1 atom stereocenters. The fourth-order valence-electron chi connectivity index (χ4n) is 4.28. The lowest BCUT2D eigenvalue weighted by Gasteiger charge is -2.24. The standard InChI is InChI=1S/C25H23Br2N5O3/c26-19-7-3-6-17(13-19)21-14-22(35-29-21)24(33)31-11-4-9-25(34,10-12-31)23-16-32(30-28-23)15-18-5-1-2-8-20(18)27/h1-3,5-8,13-14,16,34H,4,9-12,15H2. The second-order valence-corrected chi connectivity index (χ2v) is 10.4. The average molecular weight is 601 g/mol. The van der Waals surface area contributed by atoms with Crippen LogP contribution < -0.4 is 0 Å². The van der Waals surface area contributed by atoms with E-state index in [1.807, 2.05) is 48.5 Å². The summed E-state index contributed by atoms with van der Waals surface area (Å²) < 4.78 is 9.01. The van der Waals surface area contributed by atoms with Crippen molar-refractivity contribution >= 4 is 37.8 Å². The first-order valence-electron chi connectivity index (χ1n) is 11.3. The highest BCUT2D eigenvalue weighted by Crippen LogP contribution is 2.32. The summed E-state index contributed by atoms with van der Waals surface area (Å²) in [7, 11) is 0. The van der Waals surface area contributed by atoms with Crippen LogP contribution in [-0.4, -0.2) is 49.2 Å². The number of hydrogen-bond acceptors (Lipinski definition) is 6. The van der Waals surface area contributed by atoms with Crippen molar-refractivity contribution in [1.82, 2.24) is 25.1 Å². The van der Waals surface area contributed by atoms with Crippen molar-refractivity contribution in [1.29, 1.82) is 0 Å². The van der Waals surface area contributed by atoms with Crippen molar-refractivity contribution in [3.63, 3.8) is 0 Å². The van der Waals surface area contributed by atoms with Crippen molar-refractivity contribution < 1.29 is 14.4 Å². The number of nitrogens with zero attached hydrogens (tertiary/aromatic N) is 5. The van der Waals surface area contributed by atoms with E-state index in [-0.39, 0.29) is 11.7 Å². The van der Waals surface area contributed by atoms with Gasteiger partial charge in [-0.15, -0.1) is 5.10 Å². The molecule has 1 N–H and O–H groups in total. The molecular weight excluding hydrogens is 578 g/mol. The van der Waals surface area contributed by atoms with Gasteiger partial charge < -0.3 is 14.5 Å². The van der Waals surface area contributed by atoms with Gasteiger partial charge in [-0.3, -0.25) is 4.79 Å². The molecule has 0 aliphatic carbocycles. The Morgan fingerprint density at radius 1 is 1.09 bits per heavy atom. The molecule has 3 heterocycles. The number of halogens is 2. The Kier molecular flexibility index (Phi) is 6.86. The topological polar surface area (TPSA) is 97.3 Å².